The first-order valence-electron chi connectivity index (χ1n) is 7.31. The monoisotopic (exact) mass is 302 g/mol. The van der Waals surface area contributed by atoms with Gasteiger partial charge in [-0.05, 0) is 42.4 Å². The largest absolute Gasteiger partial charge is 0.493 e. The molecule has 1 aliphatic heterocycles. The number of rotatable bonds is 4. The number of hydrogen-bond donors (Lipinski definition) is 2. The zero-order valence-electron chi connectivity index (χ0n) is 11.8. The third kappa shape index (κ3) is 2.73. The number of nitrogens with one attached hydrogen (secondary N) is 1. The molecule has 3 rings (SSSR count). The number of carbonyl (C=O) groups is 1. The number of benzene rings is 1. The van der Waals surface area contributed by atoms with Crippen LogP contribution in [0.3, 0.4) is 0 Å². The maximum atomic E-state index is 11.9. The number of hydrogen-bond acceptors (Lipinski definition) is 4. The summed E-state index contributed by atoms with van der Waals surface area (Å²) in [5.41, 5.74) is 4.10. The Morgan fingerprint density at radius 3 is 3.19 bits per heavy atom. The first-order chi connectivity index (χ1) is 10.2. The van der Waals surface area contributed by atoms with Crippen LogP contribution < -0.4 is 10.1 Å². The van der Waals surface area contributed by atoms with Crippen molar-refractivity contribution in [3.8, 4) is 11.8 Å². The van der Waals surface area contributed by atoms with Crippen LogP contribution in [0.2, 0.25) is 0 Å². The van der Waals surface area contributed by atoms with Gasteiger partial charge >= 0.3 is 0 Å². The normalized spacial score (nSPS) is 20.1. The van der Waals surface area contributed by atoms with E-state index in [9.17, 15) is 4.79 Å². The number of aryl methyl sites for hydroxylation is 1. The van der Waals surface area contributed by atoms with E-state index in [0.717, 1.165) is 31.6 Å². The van der Waals surface area contributed by atoms with E-state index in [1.807, 2.05) is 6.07 Å². The number of fused-ring (bicyclic) bond motifs is 3. The van der Waals surface area contributed by atoms with Crippen LogP contribution in [0.5, 0.6) is 5.75 Å². The van der Waals surface area contributed by atoms with Gasteiger partial charge in [0, 0.05) is 12.0 Å². The van der Waals surface area contributed by atoms with Crippen LogP contribution in [0.25, 0.3) is 0 Å². The number of amides is 1. The Morgan fingerprint density at radius 2 is 2.38 bits per heavy atom. The van der Waals surface area contributed by atoms with E-state index in [2.05, 4.69) is 30.1 Å². The van der Waals surface area contributed by atoms with Crippen molar-refractivity contribution in [1.82, 2.24) is 5.32 Å². The summed E-state index contributed by atoms with van der Waals surface area (Å²) in [5, 5.41) is 10.7. The maximum absolute atomic E-state index is 11.9. The number of ether oxygens (including phenoxy) is 1. The Bertz CT molecular complexity index is 609. The minimum absolute atomic E-state index is 0.0420. The molecule has 1 heterocycles. The van der Waals surface area contributed by atoms with Crippen molar-refractivity contribution in [3.05, 3.63) is 28.8 Å². The Morgan fingerprint density at radius 1 is 1.52 bits per heavy atom. The summed E-state index contributed by atoms with van der Waals surface area (Å²) in [4.78, 5) is 11.9. The lowest BCUT2D eigenvalue weighted by Crippen LogP contribution is -2.32. The summed E-state index contributed by atoms with van der Waals surface area (Å²) in [6.45, 7) is 0.797. The highest BCUT2D eigenvalue weighted by atomic mass is 32.1. The average molecular weight is 302 g/mol. The molecule has 1 N–H and O–H groups in total. The molecular formula is C16H18N2O2S. The minimum Gasteiger partial charge on any atom is -0.493 e. The quantitative estimate of drug-likeness (QED) is 0.660. The molecule has 2 aliphatic rings. The van der Waals surface area contributed by atoms with Crippen molar-refractivity contribution in [2.24, 2.45) is 0 Å². The van der Waals surface area contributed by atoms with Crippen molar-refractivity contribution in [2.75, 3.05) is 13.2 Å². The van der Waals surface area contributed by atoms with E-state index in [0.29, 0.717) is 12.3 Å². The van der Waals surface area contributed by atoms with Crippen molar-refractivity contribution in [1.29, 1.82) is 5.26 Å². The summed E-state index contributed by atoms with van der Waals surface area (Å²) in [7, 11) is 0. The first-order valence-corrected chi connectivity index (χ1v) is 7.82. The molecular weight excluding hydrogens is 284 g/mol. The molecule has 0 fully saturated rings. The standard InChI is InChI=1S/C16H18N2O2S/c17-6-7-18-16(19)14(21)9-11-2-1-10-3-4-13-12(15(10)11)5-8-20-13/h3-4,11,14,21H,1-2,5,7-9H2,(H,18,19)/t11-,14?/m0/s1. The Labute approximate surface area is 129 Å². The second kappa shape index (κ2) is 5.98. The predicted octanol–water partition coefficient (Wildman–Crippen LogP) is 1.98. The van der Waals surface area contributed by atoms with Crippen LogP contribution in [0, 0.1) is 11.3 Å². The lowest BCUT2D eigenvalue weighted by Gasteiger charge is -2.18. The molecule has 110 valence electrons. The van der Waals surface area contributed by atoms with Crippen LogP contribution in [0.1, 0.15) is 35.4 Å². The van der Waals surface area contributed by atoms with Gasteiger partial charge in [0.15, 0.2) is 0 Å². The average Bonchev–Trinajstić information content (AvgIpc) is 3.10. The van der Waals surface area contributed by atoms with Gasteiger partial charge in [0.05, 0.1) is 17.9 Å². The number of carbonyl (C=O) groups excluding carboxylic acids is 1. The molecule has 0 aromatic heterocycles. The highest BCUT2D eigenvalue weighted by Crippen LogP contribution is 2.44. The minimum atomic E-state index is -0.368. The van der Waals surface area contributed by atoms with Crippen LogP contribution >= 0.6 is 12.6 Å². The second-order valence-corrected chi connectivity index (χ2v) is 6.20. The van der Waals surface area contributed by atoms with Crippen molar-refractivity contribution in [2.45, 2.75) is 36.9 Å². The summed E-state index contributed by atoms with van der Waals surface area (Å²) in [5.74, 6) is 1.22. The fourth-order valence-corrected chi connectivity index (χ4v) is 3.75. The zero-order valence-corrected chi connectivity index (χ0v) is 12.7. The smallest absolute Gasteiger partial charge is 0.233 e. The van der Waals surface area contributed by atoms with Gasteiger partial charge in [-0.15, -0.1) is 0 Å². The fourth-order valence-electron chi connectivity index (χ4n) is 3.41. The highest BCUT2D eigenvalue weighted by Gasteiger charge is 2.31. The molecule has 1 aliphatic carbocycles. The van der Waals surface area contributed by atoms with Crippen molar-refractivity contribution >= 4 is 18.5 Å². The fraction of sp³-hybridized carbons (Fsp3) is 0.500. The van der Waals surface area contributed by atoms with Gasteiger partial charge in [0.25, 0.3) is 0 Å². The molecule has 1 amide bonds. The number of nitrogens with zero attached hydrogens (tertiary/aromatic N) is 1. The Balaban J connectivity index is 1.74. The van der Waals surface area contributed by atoms with Gasteiger partial charge in [0.1, 0.15) is 12.3 Å². The molecule has 0 saturated carbocycles. The zero-order chi connectivity index (χ0) is 14.8. The lowest BCUT2D eigenvalue weighted by atomic mass is 9.90. The Hall–Kier alpha value is -1.67. The molecule has 5 heteroatoms. The van der Waals surface area contributed by atoms with Gasteiger partial charge < -0.3 is 10.1 Å². The SMILES string of the molecule is N#CCNC(=O)C(S)C[C@@H]1CCc2ccc3c(c21)CCO3. The van der Waals surface area contributed by atoms with Crippen LogP contribution in [-0.2, 0) is 17.6 Å². The summed E-state index contributed by atoms with van der Waals surface area (Å²) >= 11 is 4.42. The molecule has 1 aromatic rings. The number of nitriles is 1. The van der Waals surface area contributed by atoms with Gasteiger partial charge in [-0.25, -0.2) is 0 Å². The topological polar surface area (TPSA) is 62.1 Å². The van der Waals surface area contributed by atoms with E-state index < -0.39 is 0 Å². The molecule has 0 bridgehead atoms. The molecule has 0 saturated heterocycles. The van der Waals surface area contributed by atoms with E-state index >= 15 is 0 Å². The Kier molecular flexibility index (Phi) is 4.07. The van der Waals surface area contributed by atoms with Gasteiger partial charge in [-0.3, -0.25) is 4.79 Å². The van der Waals surface area contributed by atoms with E-state index in [4.69, 9.17) is 10.00 Å². The van der Waals surface area contributed by atoms with Crippen LogP contribution in [-0.4, -0.2) is 24.3 Å². The second-order valence-electron chi connectivity index (χ2n) is 5.58. The van der Waals surface area contributed by atoms with Gasteiger partial charge in [-0.1, -0.05) is 6.07 Å². The predicted molar refractivity (Wildman–Crippen MR) is 82.7 cm³/mol. The first kappa shape index (κ1) is 14.3. The third-order valence-corrected chi connectivity index (χ3v) is 4.78. The van der Waals surface area contributed by atoms with E-state index in [1.54, 1.807) is 0 Å². The molecule has 1 unspecified atom stereocenters. The maximum Gasteiger partial charge on any atom is 0.233 e. The molecule has 4 nitrogen and oxygen atoms in total. The molecule has 1 aromatic carbocycles. The van der Waals surface area contributed by atoms with Gasteiger partial charge in [0.2, 0.25) is 5.91 Å². The molecule has 21 heavy (non-hydrogen) atoms. The third-order valence-electron chi connectivity index (χ3n) is 4.34. The molecule has 0 spiro atoms. The summed E-state index contributed by atoms with van der Waals surface area (Å²) in [6.07, 6.45) is 3.80. The summed E-state index contributed by atoms with van der Waals surface area (Å²) < 4.78 is 5.64. The van der Waals surface area contributed by atoms with Crippen molar-refractivity contribution < 1.29 is 9.53 Å². The van der Waals surface area contributed by atoms with Crippen molar-refractivity contribution in [3.63, 3.8) is 0 Å². The number of thiol groups is 1. The molecule has 2 atom stereocenters. The summed E-state index contributed by atoms with van der Waals surface area (Å²) in [6, 6.07) is 6.14. The van der Waals surface area contributed by atoms with Crippen LogP contribution in [0.4, 0.5) is 0 Å². The molecule has 0 radical (unpaired) electrons. The van der Waals surface area contributed by atoms with Gasteiger partial charge in [-0.2, -0.15) is 17.9 Å². The lowest BCUT2D eigenvalue weighted by molar-refractivity contribution is -0.120. The highest BCUT2D eigenvalue weighted by molar-refractivity contribution is 7.81. The van der Waals surface area contributed by atoms with Crippen LogP contribution in [0.15, 0.2) is 12.1 Å². The van der Waals surface area contributed by atoms with E-state index in [1.165, 1.54) is 16.7 Å². The van der Waals surface area contributed by atoms with E-state index in [-0.39, 0.29) is 17.7 Å².